The Bertz CT molecular complexity index is 985. The monoisotopic (exact) mass is 497 g/mol. The van der Waals surface area contributed by atoms with Gasteiger partial charge in [0, 0.05) is 37.8 Å². The first-order valence-electron chi connectivity index (χ1n) is 11.6. The minimum absolute atomic E-state index is 0.0387. The quantitative estimate of drug-likeness (QED) is 0.641. The van der Waals surface area contributed by atoms with Gasteiger partial charge in [-0.3, -0.25) is 4.79 Å². The Morgan fingerprint density at radius 2 is 1.85 bits per heavy atom. The maximum absolute atomic E-state index is 13.5. The number of benzene rings is 1. The minimum atomic E-state index is -3.86. The van der Waals surface area contributed by atoms with Crippen LogP contribution in [0.25, 0.3) is 0 Å². The minimum Gasteiger partial charge on any atom is -0.495 e. The van der Waals surface area contributed by atoms with Gasteiger partial charge in [0.15, 0.2) is 0 Å². The highest BCUT2D eigenvalue weighted by Gasteiger charge is 2.32. The average Bonchev–Trinajstić information content (AvgIpc) is 2.81. The highest BCUT2D eigenvalue weighted by Crippen LogP contribution is 2.30. The lowest BCUT2D eigenvalue weighted by Crippen LogP contribution is -2.50. The number of morpholine rings is 1. The molecule has 0 aliphatic carbocycles. The largest absolute Gasteiger partial charge is 0.495 e. The predicted molar refractivity (Wildman–Crippen MR) is 125 cm³/mol. The summed E-state index contributed by atoms with van der Waals surface area (Å²) in [5, 5.41) is 2.75. The first-order chi connectivity index (χ1) is 16.0. The summed E-state index contributed by atoms with van der Waals surface area (Å²) in [6.07, 6.45) is 1.97. The molecule has 1 aromatic rings. The SMILES string of the molecule is COc1ccc(C(=O)N2CCCCC2CNC(=O)OC(C)(C)C)cc1S(=O)(=O)N1CCOCC1. The van der Waals surface area contributed by atoms with Gasteiger partial charge in [0.05, 0.1) is 20.3 Å². The van der Waals surface area contributed by atoms with Crippen LogP contribution in [0, 0.1) is 0 Å². The molecule has 0 saturated carbocycles. The van der Waals surface area contributed by atoms with Gasteiger partial charge in [0.25, 0.3) is 5.91 Å². The van der Waals surface area contributed by atoms with Gasteiger partial charge in [-0.05, 0) is 58.2 Å². The molecule has 2 amide bonds. The first kappa shape index (κ1) is 26.2. The molecule has 10 nitrogen and oxygen atoms in total. The second-order valence-corrected chi connectivity index (χ2v) is 11.3. The van der Waals surface area contributed by atoms with Crippen molar-refractivity contribution in [2.75, 3.05) is 46.5 Å². The van der Waals surface area contributed by atoms with E-state index in [-0.39, 0.29) is 47.8 Å². The van der Waals surface area contributed by atoms with Crippen molar-refractivity contribution < 1.29 is 32.2 Å². The molecule has 34 heavy (non-hydrogen) atoms. The molecule has 11 heteroatoms. The fourth-order valence-corrected chi connectivity index (χ4v) is 5.69. The Balaban J connectivity index is 1.80. The Morgan fingerprint density at radius 1 is 1.15 bits per heavy atom. The Kier molecular flexibility index (Phi) is 8.43. The zero-order valence-corrected chi connectivity index (χ0v) is 21.2. The summed E-state index contributed by atoms with van der Waals surface area (Å²) in [4.78, 5) is 27.2. The molecule has 2 heterocycles. The average molecular weight is 498 g/mol. The molecule has 3 rings (SSSR count). The van der Waals surface area contributed by atoms with E-state index in [1.54, 1.807) is 31.7 Å². The van der Waals surface area contributed by atoms with Crippen molar-refractivity contribution in [3.63, 3.8) is 0 Å². The molecule has 1 N–H and O–H groups in total. The van der Waals surface area contributed by atoms with Gasteiger partial charge in [-0.2, -0.15) is 4.31 Å². The lowest BCUT2D eigenvalue weighted by Gasteiger charge is -2.36. The summed E-state index contributed by atoms with van der Waals surface area (Å²) in [5.74, 6) is -0.0957. The first-order valence-corrected chi connectivity index (χ1v) is 13.0. The summed E-state index contributed by atoms with van der Waals surface area (Å²) in [6.45, 7) is 7.27. The van der Waals surface area contributed by atoms with E-state index in [2.05, 4.69) is 5.32 Å². The molecule has 190 valence electrons. The second-order valence-electron chi connectivity index (χ2n) is 9.41. The predicted octanol–water partition coefficient (Wildman–Crippen LogP) is 2.24. The summed E-state index contributed by atoms with van der Waals surface area (Å²) < 4.78 is 43.8. The molecule has 1 unspecified atom stereocenters. The number of sulfonamides is 1. The second kappa shape index (κ2) is 10.9. The van der Waals surface area contributed by atoms with Crippen LogP contribution in [0.3, 0.4) is 0 Å². The van der Waals surface area contributed by atoms with Crippen molar-refractivity contribution >= 4 is 22.0 Å². The summed E-state index contributed by atoms with van der Waals surface area (Å²) in [5.41, 5.74) is -0.353. The number of amides is 2. The van der Waals surface area contributed by atoms with E-state index in [0.29, 0.717) is 19.8 Å². The number of alkyl carbamates (subject to hydrolysis) is 1. The van der Waals surface area contributed by atoms with Crippen LogP contribution < -0.4 is 10.1 Å². The third kappa shape index (κ3) is 6.39. The number of nitrogens with zero attached hydrogens (tertiary/aromatic N) is 2. The van der Waals surface area contributed by atoms with Crippen LogP contribution in [0.2, 0.25) is 0 Å². The van der Waals surface area contributed by atoms with Crippen LogP contribution >= 0.6 is 0 Å². The van der Waals surface area contributed by atoms with Gasteiger partial charge in [0.1, 0.15) is 16.2 Å². The zero-order valence-electron chi connectivity index (χ0n) is 20.3. The molecule has 2 saturated heterocycles. The highest BCUT2D eigenvalue weighted by atomic mass is 32.2. The number of carbonyl (C=O) groups is 2. The molecule has 2 fully saturated rings. The summed E-state index contributed by atoms with van der Waals surface area (Å²) in [7, 11) is -2.46. The fraction of sp³-hybridized carbons (Fsp3) is 0.652. The molecule has 2 aliphatic rings. The van der Waals surface area contributed by atoms with Crippen LogP contribution in [-0.2, 0) is 19.5 Å². The maximum Gasteiger partial charge on any atom is 0.407 e. The van der Waals surface area contributed by atoms with Crippen LogP contribution in [-0.4, -0.2) is 87.8 Å². The number of nitrogens with one attached hydrogen (secondary N) is 1. The Hall–Kier alpha value is -2.37. The molecule has 0 radical (unpaired) electrons. The van der Waals surface area contributed by atoms with E-state index < -0.39 is 21.7 Å². The number of likely N-dealkylation sites (tertiary alicyclic amines) is 1. The van der Waals surface area contributed by atoms with Gasteiger partial charge >= 0.3 is 6.09 Å². The summed E-state index contributed by atoms with van der Waals surface area (Å²) in [6, 6.07) is 4.26. The number of piperidine rings is 1. The van der Waals surface area contributed by atoms with E-state index in [4.69, 9.17) is 14.2 Å². The van der Waals surface area contributed by atoms with Gasteiger partial charge in [0.2, 0.25) is 10.0 Å². The normalized spacial score (nSPS) is 20.0. The van der Waals surface area contributed by atoms with Crippen LogP contribution in [0.15, 0.2) is 23.1 Å². The van der Waals surface area contributed by atoms with Crippen LogP contribution in [0.1, 0.15) is 50.4 Å². The van der Waals surface area contributed by atoms with E-state index >= 15 is 0 Å². The molecule has 0 bridgehead atoms. The number of ether oxygens (including phenoxy) is 3. The Morgan fingerprint density at radius 3 is 2.50 bits per heavy atom. The fourth-order valence-electron chi connectivity index (χ4n) is 4.10. The number of carbonyl (C=O) groups excluding carboxylic acids is 2. The Labute approximate surface area is 201 Å². The van der Waals surface area contributed by atoms with Crippen molar-refractivity contribution in [3.05, 3.63) is 23.8 Å². The molecule has 1 aromatic carbocycles. The lowest BCUT2D eigenvalue weighted by atomic mass is 10.0. The van der Waals surface area contributed by atoms with E-state index in [9.17, 15) is 18.0 Å². The number of methoxy groups -OCH3 is 1. The van der Waals surface area contributed by atoms with Crippen LogP contribution in [0.5, 0.6) is 5.75 Å². The number of rotatable bonds is 6. The van der Waals surface area contributed by atoms with Crippen molar-refractivity contribution in [1.29, 1.82) is 0 Å². The molecular formula is C23H35N3O7S. The van der Waals surface area contributed by atoms with Crippen molar-refractivity contribution in [1.82, 2.24) is 14.5 Å². The van der Waals surface area contributed by atoms with Gasteiger partial charge in [-0.15, -0.1) is 0 Å². The smallest absolute Gasteiger partial charge is 0.407 e. The van der Waals surface area contributed by atoms with Crippen molar-refractivity contribution in [2.45, 2.75) is 56.6 Å². The number of hydrogen-bond donors (Lipinski definition) is 1. The van der Waals surface area contributed by atoms with Gasteiger partial charge in [-0.1, -0.05) is 0 Å². The molecule has 0 aromatic heterocycles. The summed E-state index contributed by atoms with van der Waals surface area (Å²) >= 11 is 0. The lowest BCUT2D eigenvalue weighted by molar-refractivity contribution is 0.0462. The molecule has 2 aliphatic heterocycles. The van der Waals surface area contributed by atoms with E-state index in [1.165, 1.54) is 23.5 Å². The zero-order chi connectivity index (χ0) is 24.9. The van der Waals surface area contributed by atoms with Gasteiger partial charge < -0.3 is 24.4 Å². The standard InChI is InChI=1S/C23H35N3O7S/c1-23(2,3)33-22(28)24-16-18-7-5-6-10-26(18)21(27)17-8-9-19(31-4)20(15-17)34(29,30)25-11-13-32-14-12-25/h8-9,15,18H,5-7,10-14,16H2,1-4H3,(H,24,28). The van der Waals surface area contributed by atoms with Gasteiger partial charge in [-0.25, -0.2) is 13.2 Å². The van der Waals surface area contributed by atoms with Crippen LogP contribution in [0.4, 0.5) is 4.79 Å². The molecule has 1 atom stereocenters. The topological polar surface area (TPSA) is 114 Å². The van der Waals surface area contributed by atoms with Crippen molar-refractivity contribution in [2.24, 2.45) is 0 Å². The van der Waals surface area contributed by atoms with E-state index in [1.807, 2.05) is 0 Å². The third-order valence-electron chi connectivity index (χ3n) is 5.77. The third-order valence-corrected chi connectivity index (χ3v) is 7.69. The molecule has 0 spiro atoms. The number of hydrogen-bond acceptors (Lipinski definition) is 7. The van der Waals surface area contributed by atoms with Crippen molar-refractivity contribution in [3.8, 4) is 5.75 Å². The van der Waals surface area contributed by atoms with E-state index in [0.717, 1.165) is 19.3 Å². The highest BCUT2D eigenvalue weighted by molar-refractivity contribution is 7.89. The molecular weight excluding hydrogens is 462 g/mol. The maximum atomic E-state index is 13.5.